The Morgan fingerprint density at radius 3 is 2.60 bits per heavy atom. The van der Waals surface area contributed by atoms with Crippen molar-refractivity contribution in [3.05, 3.63) is 70.9 Å². The van der Waals surface area contributed by atoms with Crippen LogP contribution in [0, 0.1) is 0 Å². The number of aromatic nitrogens is 1. The number of benzene rings is 2. The lowest BCUT2D eigenvalue weighted by Gasteiger charge is -2.08. The molecule has 1 aromatic heterocycles. The smallest absolute Gasteiger partial charge is 0.340 e. The Labute approximate surface area is 148 Å². The molecule has 3 aromatic rings. The summed E-state index contributed by atoms with van der Waals surface area (Å²) in [5.74, 6) is -1.13. The van der Waals surface area contributed by atoms with Gasteiger partial charge in [0.15, 0.2) is 0 Å². The molecule has 7 heteroatoms. The zero-order valence-corrected chi connectivity index (χ0v) is 13.9. The van der Waals surface area contributed by atoms with E-state index in [0.29, 0.717) is 10.7 Å². The second kappa shape index (κ2) is 7.19. The SMILES string of the molecule is COC(=O)c1cc(Cl)ccc1NC(=O)c1cc(-c2ccccc2)no1. The highest BCUT2D eigenvalue weighted by Gasteiger charge is 2.18. The van der Waals surface area contributed by atoms with E-state index >= 15 is 0 Å². The molecule has 0 aliphatic heterocycles. The Kier molecular flexibility index (Phi) is 4.81. The van der Waals surface area contributed by atoms with Crippen LogP contribution in [0.3, 0.4) is 0 Å². The van der Waals surface area contributed by atoms with Crippen molar-refractivity contribution in [2.24, 2.45) is 0 Å². The second-order valence-corrected chi connectivity index (χ2v) is 5.51. The third kappa shape index (κ3) is 3.70. The summed E-state index contributed by atoms with van der Waals surface area (Å²) in [4.78, 5) is 24.2. The lowest BCUT2D eigenvalue weighted by atomic mass is 10.1. The topological polar surface area (TPSA) is 81.4 Å². The predicted octanol–water partition coefficient (Wildman–Crippen LogP) is 4.03. The van der Waals surface area contributed by atoms with E-state index in [9.17, 15) is 9.59 Å². The van der Waals surface area contributed by atoms with Crippen molar-refractivity contribution in [2.75, 3.05) is 12.4 Å². The minimum Gasteiger partial charge on any atom is -0.465 e. The molecule has 2 aromatic carbocycles. The number of halogens is 1. The molecule has 0 unspecified atom stereocenters. The van der Waals surface area contributed by atoms with Crippen LogP contribution in [0.2, 0.25) is 5.02 Å². The van der Waals surface area contributed by atoms with Crippen LogP contribution in [0.25, 0.3) is 11.3 Å². The number of hydrogen-bond donors (Lipinski definition) is 1. The van der Waals surface area contributed by atoms with Gasteiger partial charge in [0.1, 0.15) is 5.69 Å². The summed E-state index contributed by atoms with van der Waals surface area (Å²) in [6.07, 6.45) is 0. The number of carbonyl (C=O) groups excluding carboxylic acids is 2. The maximum absolute atomic E-state index is 12.4. The summed E-state index contributed by atoms with van der Waals surface area (Å²) in [5, 5.41) is 6.84. The average Bonchev–Trinajstić information content (AvgIpc) is 3.13. The minimum atomic E-state index is -0.611. The van der Waals surface area contributed by atoms with Crippen molar-refractivity contribution < 1.29 is 18.8 Å². The van der Waals surface area contributed by atoms with Crippen LogP contribution in [0.5, 0.6) is 0 Å². The first-order valence-corrected chi connectivity index (χ1v) is 7.67. The van der Waals surface area contributed by atoms with Crippen LogP contribution in [-0.4, -0.2) is 24.1 Å². The fourth-order valence-electron chi connectivity index (χ4n) is 2.22. The van der Waals surface area contributed by atoms with Gasteiger partial charge >= 0.3 is 5.97 Å². The molecular formula is C18H13ClN2O4. The fraction of sp³-hybridized carbons (Fsp3) is 0.0556. The maximum Gasteiger partial charge on any atom is 0.340 e. The van der Waals surface area contributed by atoms with E-state index in [1.54, 1.807) is 6.07 Å². The molecule has 126 valence electrons. The molecule has 25 heavy (non-hydrogen) atoms. The second-order valence-electron chi connectivity index (χ2n) is 5.08. The number of amides is 1. The molecule has 0 atom stereocenters. The zero-order valence-electron chi connectivity index (χ0n) is 13.2. The zero-order chi connectivity index (χ0) is 17.8. The minimum absolute atomic E-state index is 0.0182. The monoisotopic (exact) mass is 356 g/mol. The van der Waals surface area contributed by atoms with Gasteiger partial charge in [0.05, 0.1) is 18.4 Å². The van der Waals surface area contributed by atoms with Crippen molar-refractivity contribution in [2.45, 2.75) is 0 Å². The van der Waals surface area contributed by atoms with Crippen LogP contribution in [0.1, 0.15) is 20.9 Å². The van der Waals surface area contributed by atoms with E-state index < -0.39 is 11.9 Å². The molecule has 0 saturated carbocycles. The first-order valence-electron chi connectivity index (χ1n) is 7.30. The molecule has 1 N–H and O–H groups in total. The Morgan fingerprint density at radius 2 is 1.88 bits per heavy atom. The highest BCUT2D eigenvalue weighted by Crippen LogP contribution is 2.23. The third-order valence-corrected chi connectivity index (χ3v) is 3.67. The highest BCUT2D eigenvalue weighted by molar-refractivity contribution is 6.31. The number of anilines is 1. The van der Waals surface area contributed by atoms with Gasteiger partial charge in [0.2, 0.25) is 5.76 Å². The molecule has 0 saturated heterocycles. The van der Waals surface area contributed by atoms with Crippen LogP contribution < -0.4 is 5.32 Å². The van der Waals surface area contributed by atoms with E-state index in [0.717, 1.165) is 5.56 Å². The molecule has 1 amide bonds. The Bertz CT molecular complexity index is 922. The van der Waals surface area contributed by atoms with Crippen molar-refractivity contribution in [3.8, 4) is 11.3 Å². The van der Waals surface area contributed by atoms with Crippen molar-refractivity contribution in [1.82, 2.24) is 5.16 Å². The summed E-state index contributed by atoms with van der Waals surface area (Å²) in [5.41, 5.74) is 1.77. The van der Waals surface area contributed by atoms with E-state index in [4.69, 9.17) is 20.9 Å². The number of nitrogens with one attached hydrogen (secondary N) is 1. The van der Waals surface area contributed by atoms with Gasteiger partial charge in [-0.2, -0.15) is 0 Å². The Hall–Kier alpha value is -3.12. The number of esters is 1. The molecule has 3 rings (SSSR count). The molecule has 1 heterocycles. The average molecular weight is 357 g/mol. The first-order chi connectivity index (χ1) is 12.1. The summed E-state index contributed by atoms with van der Waals surface area (Å²) in [7, 11) is 1.25. The Morgan fingerprint density at radius 1 is 1.12 bits per heavy atom. The van der Waals surface area contributed by atoms with Gasteiger partial charge in [-0.05, 0) is 18.2 Å². The summed E-state index contributed by atoms with van der Waals surface area (Å²) in [6, 6.07) is 15.3. The van der Waals surface area contributed by atoms with Gasteiger partial charge in [-0.25, -0.2) is 4.79 Å². The third-order valence-electron chi connectivity index (χ3n) is 3.44. The first kappa shape index (κ1) is 16.7. The molecule has 0 aliphatic carbocycles. The van der Waals surface area contributed by atoms with Gasteiger partial charge in [-0.3, -0.25) is 4.79 Å². The summed E-state index contributed by atoms with van der Waals surface area (Å²) < 4.78 is 9.80. The van der Waals surface area contributed by atoms with Crippen LogP contribution in [0.15, 0.2) is 59.1 Å². The summed E-state index contributed by atoms with van der Waals surface area (Å²) >= 11 is 5.89. The molecular weight excluding hydrogens is 344 g/mol. The van der Waals surface area contributed by atoms with E-state index in [2.05, 4.69) is 10.5 Å². The van der Waals surface area contributed by atoms with Gasteiger partial charge in [-0.1, -0.05) is 47.1 Å². The molecule has 0 spiro atoms. The molecule has 0 aliphatic rings. The molecule has 0 fully saturated rings. The number of methoxy groups -OCH3 is 1. The van der Waals surface area contributed by atoms with E-state index in [-0.39, 0.29) is 17.0 Å². The number of carbonyl (C=O) groups is 2. The lowest BCUT2D eigenvalue weighted by molar-refractivity contribution is 0.0602. The van der Waals surface area contributed by atoms with Gasteiger partial charge in [-0.15, -0.1) is 0 Å². The predicted molar refractivity (Wildman–Crippen MR) is 92.7 cm³/mol. The highest BCUT2D eigenvalue weighted by atomic mass is 35.5. The van der Waals surface area contributed by atoms with Crippen molar-refractivity contribution in [3.63, 3.8) is 0 Å². The molecule has 6 nitrogen and oxygen atoms in total. The molecule has 0 bridgehead atoms. The normalized spacial score (nSPS) is 10.3. The van der Waals surface area contributed by atoms with Crippen LogP contribution in [-0.2, 0) is 4.74 Å². The van der Waals surface area contributed by atoms with E-state index in [1.165, 1.54) is 25.3 Å². The number of nitrogens with zero attached hydrogens (tertiary/aromatic N) is 1. The molecule has 0 radical (unpaired) electrons. The number of rotatable bonds is 4. The number of ether oxygens (including phenoxy) is 1. The standard InChI is InChI=1S/C18H13ClN2O4/c1-24-18(23)13-9-12(19)7-8-14(13)20-17(22)16-10-15(21-25-16)11-5-3-2-4-6-11/h2-10H,1H3,(H,20,22). The number of hydrogen-bond acceptors (Lipinski definition) is 5. The van der Waals surface area contributed by atoms with Crippen LogP contribution in [0.4, 0.5) is 5.69 Å². The quantitative estimate of drug-likeness (QED) is 0.713. The lowest BCUT2D eigenvalue weighted by Crippen LogP contribution is -2.14. The van der Waals surface area contributed by atoms with Crippen molar-refractivity contribution >= 4 is 29.2 Å². The Balaban J connectivity index is 1.84. The van der Waals surface area contributed by atoms with Gasteiger partial charge in [0, 0.05) is 16.7 Å². The largest absolute Gasteiger partial charge is 0.465 e. The van der Waals surface area contributed by atoms with E-state index in [1.807, 2.05) is 30.3 Å². The van der Waals surface area contributed by atoms with Gasteiger partial charge in [0.25, 0.3) is 5.91 Å². The van der Waals surface area contributed by atoms with Crippen LogP contribution >= 0.6 is 11.6 Å². The summed E-state index contributed by atoms with van der Waals surface area (Å²) in [6.45, 7) is 0. The van der Waals surface area contributed by atoms with Gasteiger partial charge < -0.3 is 14.6 Å². The fourth-order valence-corrected chi connectivity index (χ4v) is 2.39. The maximum atomic E-state index is 12.4. The van der Waals surface area contributed by atoms with Crippen molar-refractivity contribution in [1.29, 1.82) is 0 Å².